The minimum Gasteiger partial charge on any atom is -0.489 e. The third-order valence-electron chi connectivity index (χ3n) is 22.2. The van der Waals surface area contributed by atoms with Crippen LogP contribution in [0, 0.1) is 20.8 Å². The second kappa shape index (κ2) is 47.7. The van der Waals surface area contributed by atoms with Crippen LogP contribution in [0.1, 0.15) is 72.5 Å². The summed E-state index contributed by atoms with van der Waals surface area (Å²) in [5.74, 6) is -0.780. The SMILES string of the molecule is CN1CCN(c2ccc(-c3nn(C)cc3NC(=O)c3cccc(-c4ccn[nH]4)n3)nc2)CC1.Cc1cncc(-c2cccc(C(=O)Nc3cn(C)nc3-c3ccc(N4CCN(C)CC4)cn3)n2)c1.Cc1cncc(-c2cccc(C(=O)Nc3cn(C)nc3-c3ccc(N4CCOCC4)cn3)n2)c1.Cc1cncc(-c2cccc(C(=O)Nc3cn(C)nc3-c3ccc(OCC(C)(C)O)cn3)n2)c1.Cl.Cl.Cl.Cl. The van der Waals surface area contributed by atoms with Gasteiger partial charge in [0.2, 0.25) is 0 Å². The number of hydrogen-bond acceptors (Lipinski definition) is 28. The highest BCUT2D eigenvalue weighted by molar-refractivity contribution is 6.07. The lowest BCUT2D eigenvalue weighted by atomic mass is 10.1. The van der Waals surface area contributed by atoms with Gasteiger partial charge in [0.15, 0.2) is 0 Å². The minimum absolute atomic E-state index is 0. The van der Waals surface area contributed by atoms with Crippen molar-refractivity contribution in [1.82, 2.24) is 114 Å². The van der Waals surface area contributed by atoms with Crippen LogP contribution in [-0.2, 0) is 32.9 Å². The number of aromatic amines is 1. The van der Waals surface area contributed by atoms with Crippen LogP contribution < -0.4 is 40.7 Å². The molecule has 3 aliphatic heterocycles. The van der Waals surface area contributed by atoms with Gasteiger partial charge in [-0.25, -0.2) is 19.9 Å². The summed E-state index contributed by atoms with van der Waals surface area (Å²) in [6, 6.07) is 44.6. The number of hydrogen-bond donors (Lipinski definition) is 6. The van der Waals surface area contributed by atoms with E-state index in [1.54, 1.807) is 169 Å². The number of nitrogens with zero attached hydrogens (tertiary/aromatic N) is 25. The summed E-state index contributed by atoms with van der Waals surface area (Å²) in [4.78, 5) is 113. The van der Waals surface area contributed by atoms with E-state index in [0.29, 0.717) is 127 Å². The summed E-state index contributed by atoms with van der Waals surface area (Å²) in [7, 11) is 11.5. The van der Waals surface area contributed by atoms with Gasteiger partial charge in [0.1, 0.15) is 57.9 Å². The van der Waals surface area contributed by atoms with Crippen molar-refractivity contribution in [1.29, 1.82) is 0 Å². The number of halogens is 4. The van der Waals surface area contributed by atoms with E-state index in [0.717, 1.165) is 122 Å². The molecule has 3 fully saturated rings. The molecule has 0 saturated carbocycles. The van der Waals surface area contributed by atoms with E-state index in [1.807, 2.05) is 139 Å². The van der Waals surface area contributed by atoms with Crippen molar-refractivity contribution in [3.05, 3.63) is 278 Å². The van der Waals surface area contributed by atoms with Crippen molar-refractivity contribution >= 4 is 113 Å². The van der Waals surface area contributed by atoms with Crippen molar-refractivity contribution in [3.63, 3.8) is 0 Å². The lowest BCUT2D eigenvalue weighted by molar-refractivity contribution is 0.0283. The van der Waals surface area contributed by atoms with Gasteiger partial charge in [-0.15, -0.1) is 49.6 Å². The molecule has 0 aromatic carbocycles. The summed E-state index contributed by atoms with van der Waals surface area (Å²) in [6.07, 6.45) is 26.3. The molecule has 19 heterocycles. The first kappa shape index (κ1) is 104. The number of likely N-dealkylation sites (N-methyl/N-ethyl adjacent to an activating group) is 2. The van der Waals surface area contributed by atoms with Crippen molar-refractivity contribution in [2.45, 2.75) is 40.2 Å². The first-order chi connectivity index (χ1) is 65.8. The second-order valence-corrected chi connectivity index (χ2v) is 33.8. The van der Waals surface area contributed by atoms with Gasteiger partial charge in [0.25, 0.3) is 23.6 Å². The molecule has 41 heteroatoms. The fourth-order valence-electron chi connectivity index (χ4n) is 15.1. The van der Waals surface area contributed by atoms with Crippen LogP contribution >= 0.6 is 49.6 Å². The van der Waals surface area contributed by atoms with E-state index in [2.05, 4.69) is 157 Å². The predicted octanol–water partition coefficient (Wildman–Crippen LogP) is 14.2. The van der Waals surface area contributed by atoms with Crippen LogP contribution in [0.5, 0.6) is 5.75 Å². The largest absolute Gasteiger partial charge is 0.489 e. The van der Waals surface area contributed by atoms with Gasteiger partial charge < -0.3 is 60.3 Å². The number of nitrogens with one attached hydrogen (secondary N) is 5. The first-order valence-corrected chi connectivity index (χ1v) is 44.2. The van der Waals surface area contributed by atoms with Crippen molar-refractivity contribution in [2.24, 2.45) is 28.2 Å². The number of carbonyl (C=O) groups is 4. The molecule has 37 nitrogen and oxygen atoms in total. The summed E-state index contributed by atoms with van der Waals surface area (Å²) in [6.45, 7) is 20.6. The van der Waals surface area contributed by atoms with Crippen molar-refractivity contribution < 1.29 is 33.8 Å². The maximum atomic E-state index is 13.1. The molecule has 724 valence electrons. The van der Waals surface area contributed by atoms with E-state index >= 15 is 0 Å². The zero-order valence-corrected chi connectivity index (χ0v) is 82.2. The lowest BCUT2D eigenvalue weighted by Crippen LogP contribution is -2.44. The van der Waals surface area contributed by atoms with E-state index in [1.165, 1.54) is 0 Å². The van der Waals surface area contributed by atoms with Gasteiger partial charge in [-0.2, -0.15) is 25.5 Å². The molecule has 0 spiro atoms. The summed E-state index contributed by atoms with van der Waals surface area (Å²) < 4.78 is 17.6. The number of piperazine rings is 2. The number of anilines is 7. The van der Waals surface area contributed by atoms with Gasteiger partial charge in [0, 0.05) is 178 Å². The molecule has 0 bridgehead atoms. The molecule has 4 amide bonds. The smallest absolute Gasteiger partial charge is 0.274 e. The fourth-order valence-corrected chi connectivity index (χ4v) is 15.1. The molecule has 0 aliphatic carbocycles. The van der Waals surface area contributed by atoms with Crippen LogP contribution in [0.3, 0.4) is 0 Å². The van der Waals surface area contributed by atoms with Gasteiger partial charge in [-0.05, 0) is 187 Å². The number of aryl methyl sites for hydroxylation is 7. The maximum absolute atomic E-state index is 13.1. The molecule has 3 aliphatic rings. The van der Waals surface area contributed by atoms with Gasteiger partial charge in [-0.1, -0.05) is 24.3 Å². The van der Waals surface area contributed by atoms with E-state index in [4.69, 9.17) is 9.47 Å². The average molecular weight is 1970 g/mol. The Morgan fingerprint density at radius 3 is 0.986 bits per heavy atom. The van der Waals surface area contributed by atoms with Crippen molar-refractivity contribution in [3.8, 4) is 96.5 Å². The normalized spacial score (nSPS) is 13.0. The third kappa shape index (κ3) is 27.0. The molecule has 0 atom stereocenters. The van der Waals surface area contributed by atoms with E-state index < -0.39 is 5.60 Å². The summed E-state index contributed by atoms with van der Waals surface area (Å²) in [5.41, 5.74) is 19.8. The van der Waals surface area contributed by atoms with Gasteiger partial charge in [-0.3, -0.25) is 77.9 Å². The van der Waals surface area contributed by atoms with Crippen LogP contribution in [0.4, 0.5) is 39.8 Å². The molecule has 0 radical (unpaired) electrons. The highest BCUT2D eigenvalue weighted by Crippen LogP contribution is 2.34. The predicted molar refractivity (Wildman–Crippen MR) is 549 cm³/mol. The Morgan fingerprint density at radius 2 is 0.693 bits per heavy atom. The Balaban J connectivity index is 0.000000165. The number of ether oxygens (including phenoxy) is 2. The second-order valence-electron chi connectivity index (χ2n) is 33.8. The monoisotopic (exact) mass is 1970 g/mol. The zero-order chi connectivity index (χ0) is 94.9. The minimum atomic E-state index is -0.946. The Morgan fingerprint density at radius 1 is 0.379 bits per heavy atom. The summed E-state index contributed by atoms with van der Waals surface area (Å²) >= 11 is 0. The standard InChI is InChI=1S/C26H28N8O.C25H25N7O2.C25H26N6O3.C23H25N9O.4ClH/c1-18-13-19(15-27-14-18)21-5-4-6-23(29-21)26(35)30-24-17-33(3)31-25(24)22-8-7-20(16-28-22)34-11-9-32(2)10-12-34;1-17-12-18(14-26-13-17)20-4-3-5-22(28-20)25(33)29-23-16-31(2)30-24(23)21-7-6-19(15-27-21)32-8-10-34-11-9-32;1-16-10-17(12-26-11-16)19-6-5-7-21(28-19)24(32)29-22-14-31(4)30-23(22)20-9-8-18(13-27-20)34-15-25(2,3)33;1-30-10-12-32(13-11-30)16-6-7-19(24-14-16)22-21(15-31(2)29-22)27-23(33)20-5-3-4-17(26-20)18-8-9-25-28-18;;;;/h4-8,13-17H,9-12H2,1-3H3,(H,30,35);3-7,12-16H,8-11H2,1-2H3,(H,29,33);5-14,33H,15H2,1-4H3,(H,29,32);3-9,14-15H,10-13H2,1-2H3,(H,25,28)(H,27,33);4*1H. The molecule has 16 aromatic heterocycles. The number of amides is 4. The average Bonchev–Trinajstić information content (AvgIpc) is 1.61. The van der Waals surface area contributed by atoms with Gasteiger partial charge >= 0.3 is 0 Å². The number of pyridine rings is 11. The quantitative estimate of drug-likeness (QED) is 0.0367. The molecular weight excluding hydrogens is 1860 g/mol. The third-order valence-corrected chi connectivity index (χ3v) is 22.2. The van der Waals surface area contributed by atoms with Crippen LogP contribution in [-0.4, -0.2) is 248 Å². The number of aromatic nitrogens is 21. The molecule has 16 aromatic rings. The van der Waals surface area contributed by atoms with E-state index in [-0.39, 0.29) is 85.6 Å². The topological polar surface area (TPSA) is 413 Å². The molecule has 3 saturated heterocycles. The number of H-pyrrole nitrogens is 1. The fraction of sp³-hybridized carbons (Fsp3) is 0.253. The van der Waals surface area contributed by atoms with Crippen LogP contribution in [0.2, 0.25) is 0 Å². The number of morpholine rings is 1. The van der Waals surface area contributed by atoms with E-state index in [9.17, 15) is 24.3 Å². The molecule has 19 rings (SSSR count). The molecule has 140 heavy (non-hydrogen) atoms. The van der Waals surface area contributed by atoms with Crippen molar-refractivity contribution in [2.75, 3.05) is 135 Å². The molecule has 6 N–H and O–H groups in total. The van der Waals surface area contributed by atoms with Gasteiger partial charge in [0.05, 0.1) is 135 Å². The first-order valence-electron chi connectivity index (χ1n) is 44.2. The molecule has 0 unspecified atom stereocenters. The number of aliphatic hydroxyl groups is 1. The lowest BCUT2D eigenvalue weighted by Gasteiger charge is -2.33. The summed E-state index contributed by atoms with van der Waals surface area (Å²) in [5, 5.41) is 46.4. The van der Waals surface area contributed by atoms with Crippen LogP contribution in [0.15, 0.2) is 239 Å². The molecular formula is C99H108Cl4N30O7. The highest BCUT2D eigenvalue weighted by Gasteiger charge is 2.26. The maximum Gasteiger partial charge on any atom is 0.274 e. The Labute approximate surface area is 833 Å². The Kier molecular flexibility index (Phi) is 35.3. The highest BCUT2D eigenvalue weighted by atomic mass is 35.5. The Hall–Kier alpha value is -15.2. The zero-order valence-electron chi connectivity index (χ0n) is 78.9. The number of carbonyl (C=O) groups excluding carboxylic acids is 4. The number of rotatable bonds is 22. The Bertz CT molecular complexity index is 6860. The van der Waals surface area contributed by atoms with Crippen LogP contribution in [0.25, 0.3) is 90.7 Å².